The molecule has 0 amide bonds. The van der Waals surface area contributed by atoms with E-state index in [1.54, 1.807) is 0 Å². The summed E-state index contributed by atoms with van der Waals surface area (Å²) in [6.07, 6.45) is 4.09. The fourth-order valence-corrected chi connectivity index (χ4v) is 2.73. The average molecular weight is 372 g/mol. The molecule has 0 aliphatic rings. The maximum absolute atomic E-state index is 4.44. The summed E-state index contributed by atoms with van der Waals surface area (Å²) in [6.45, 7) is 0. The first-order valence-corrected chi connectivity index (χ1v) is 7.87. The van der Waals surface area contributed by atoms with E-state index in [4.69, 9.17) is 0 Å². The van der Waals surface area contributed by atoms with E-state index in [0.717, 1.165) is 22.6 Å². The summed E-state index contributed by atoms with van der Waals surface area (Å²) in [5, 5.41) is 5.44. The largest absolute Gasteiger partial charge is 0.276 e. The number of halogens is 2. The molecule has 96 valence electrons. The summed E-state index contributed by atoms with van der Waals surface area (Å²) in [4.78, 5) is 0. The molecule has 1 atom stereocenters. The number of alkyl halides is 1. The van der Waals surface area contributed by atoms with Gasteiger partial charge < -0.3 is 0 Å². The monoisotopic (exact) mass is 370 g/mol. The van der Waals surface area contributed by atoms with Gasteiger partial charge in [0.2, 0.25) is 0 Å². The third-order valence-electron chi connectivity index (χ3n) is 2.92. The number of aryl methyl sites for hydroxylation is 1. The van der Waals surface area contributed by atoms with Gasteiger partial charge >= 0.3 is 0 Å². The Morgan fingerprint density at radius 2 is 1.89 bits per heavy atom. The van der Waals surface area contributed by atoms with Gasteiger partial charge in [0, 0.05) is 23.0 Å². The molecule has 0 spiro atoms. The number of benzene rings is 1. The molecule has 0 aliphatic carbocycles. The van der Waals surface area contributed by atoms with Crippen molar-refractivity contribution in [3.8, 4) is 0 Å². The van der Waals surface area contributed by atoms with Gasteiger partial charge in [0.05, 0.1) is 5.69 Å². The Morgan fingerprint density at radius 3 is 2.44 bits per heavy atom. The van der Waals surface area contributed by atoms with Gasteiger partial charge in [0.1, 0.15) is 0 Å². The molecule has 0 aliphatic heterocycles. The van der Waals surface area contributed by atoms with Crippen molar-refractivity contribution >= 4 is 31.9 Å². The number of nitrogens with zero attached hydrogens (tertiary/aromatic N) is 2. The van der Waals surface area contributed by atoms with Gasteiger partial charge in [-0.1, -0.05) is 44.0 Å². The number of rotatable bonds is 5. The standard InChI is InChI=1S/C14H16Br2N2/c1-18-7-6-14(17-18)9-12(10-15)8-11-2-4-13(16)5-3-11/h2-7,12H,8-10H2,1H3. The summed E-state index contributed by atoms with van der Waals surface area (Å²) < 4.78 is 2.99. The third-order valence-corrected chi connectivity index (χ3v) is 4.37. The Labute approximate surface area is 125 Å². The van der Waals surface area contributed by atoms with Crippen LogP contribution in [0.15, 0.2) is 41.0 Å². The average Bonchev–Trinajstić information content (AvgIpc) is 2.77. The van der Waals surface area contributed by atoms with Gasteiger partial charge in [0.25, 0.3) is 0 Å². The smallest absolute Gasteiger partial charge is 0.0627 e. The Balaban J connectivity index is 1.99. The van der Waals surface area contributed by atoms with E-state index in [2.05, 4.69) is 67.3 Å². The van der Waals surface area contributed by atoms with Crippen molar-refractivity contribution in [2.45, 2.75) is 12.8 Å². The summed E-state index contributed by atoms with van der Waals surface area (Å²) in [6, 6.07) is 10.6. The lowest BCUT2D eigenvalue weighted by atomic mass is 9.97. The van der Waals surface area contributed by atoms with Crippen molar-refractivity contribution in [2.75, 3.05) is 5.33 Å². The van der Waals surface area contributed by atoms with Crippen LogP contribution in [0, 0.1) is 5.92 Å². The molecule has 0 saturated carbocycles. The van der Waals surface area contributed by atoms with E-state index in [1.807, 2.05) is 17.9 Å². The van der Waals surface area contributed by atoms with Crippen molar-refractivity contribution in [1.29, 1.82) is 0 Å². The van der Waals surface area contributed by atoms with E-state index >= 15 is 0 Å². The second kappa shape index (κ2) is 6.53. The predicted octanol–water partition coefficient (Wildman–Crippen LogP) is 3.98. The molecule has 1 aromatic carbocycles. The number of hydrogen-bond donors (Lipinski definition) is 0. The van der Waals surface area contributed by atoms with Crippen LogP contribution in [0.1, 0.15) is 11.3 Å². The molecule has 0 N–H and O–H groups in total. The van der Waals surface area contributed by atoms with E-state index in [1.165, 1.54) is 11.3 Å². The van der Waals surface area contributed by atoms with Crippen molar-refractivity contribution < 1.29 is 0 Å². The van der Waals surface area contributed by atoms with Crippen LogP contribution in [0.5, 0.6) is 0 Å². The van der Waals surface area contributed by atoms with Gasteiger partial charge in [-0.25, -0.2) is 0 Å². The molecule has 1 aromatic heterocycles. The molecule has 4 heteroatoms. The maximum atomic E-state index is 4.44. The van der Waals surface area contributed by atoms with Crippen LogP contribution < -0.4 is 0 Å². The fraction of sp³-hybridized carbons (Fsp3) is 0.357. The van der Waals surface area contributed by atoms with Gasteiger partial charge in [0.15, 0.2) is 0 Å². The number of hydrogen-bond acceptors (Lipinski definition) is 1. The lowest BCUT2D eigenvalue weighted by Crippen LogP contribution is -2.10. The number of aromatic nitrogens is 2. The second-order valence-electron chi connectivity index (χ2n) is 4.54. The zero-order chi connectivity index (χ0) is 13.0. The quantitative estimate of drug-likeness (QED) is 0.727. The van der Waals surface area contributed by atoms with Crippen LogP contribution in [-0.4, -0.2) is 15.1 Å². The molecule has 0 bridgehead atoms. The highest BCUT2D eigenvalue weighted by atomic mass is 79.9. The van der Waals surface area contributed by atoms with Crippen LogP contribution in [0.3, 0.4) is 0 Å². The van der Waals surface area contributed by atoms with Crippen molar-refractivity contribution in [3.05, 3.63) is 52.3 Å². The topological polar surface area (TPSA) is 17.8 Å². The molecular formula is C14H16Br2N2. The van der Waals surface area contributed by atoms with Crippen LogP contribution in [0.4, 0.5) is 0 Å². The van der Waals surface area contributed by atoms with Gasteiger partial charge in [-0.05, 0) is 42.5 Å². The molecule has 1 unspecified atom stereocenters. The van der Waals surface area contributed by atoms with Crippen LogP contribution >= 0.6 is 31.9 Å². The van der Waals surface area contributed by atoms with E-state index in [-0.39, 0.29) is 0 Å². The minimum absolute atomic E-state index is 0.584. The summed E-state index contributed by atoms with van der Waals surface area (Å²) in [7, 11) is 1.96. The molecule has 0 saturated heterocycles. The summed E-state index contributed by atoms with van der Waals surface area (Å²) >= 11 is 7.07. The molecule has 0 radical (unpaired) electrons. The fourth-order valence-electron chi connectivity index (χ4n) is 2.00. The molecule has 2 rings (SSSR count). The normalized spacial score (nSPS) is 12.6. The van der Waals surface area contributed by atoms with Gasteiger partial charge in [-0.3, -0.25) is 4.68 Å². The van der Waals surface area contributed by atoms with Crippen molar-refractivity contribution in [1.82, 2.24) is 9.78 Å². The Hall–Kier alpha value is -0.610. The zero-order valence-electron chi connectivity index (χ0n) is 10.3. The van der Waals surface area contributed by atoms with Crippen LogP contribution in [-0.2, 0) is 19.9 Å². The molecule has 18 heavy (non-hydrogen) atoms. The molecule has 2 aromatic rings. The van der Waals surface area contributed by atoms with Gasteiger partial charge in [-0.2, -0.15) is 5.10 Å². The first kappa shape index (κ1) is 13.8. The van der Waals surface area contributed by atoms with E-state index in [9.17, 15) is 0 Å². The van der Waals surface area contributed by atoms with Crippen molar-refractivity contribution in [3.63, 3.8) is 0 Å². The van der Waals surface area contributed by atoms with E-state index in [0.29, 0.717) is 5.92 Å². The summed E-state index contributed by atoms with van der Waals surface area (Å²) in [5.41, 5.74) is 2.54. The Morgan fingerprint density at radius 1 is 1.17 bits per heavy atom. The highest BCUT2D eigenvalue weighted by Crippen LogP contribution is 2.18. The van der Waals surface area contributed by atoms with Crippen molar-refractivity contribution in [2.24, 2.45) is 13.0 Å². The molecule has 1 heterocycles. The molecule has 2 nitrogen and oxygen atoms in total. The molecule has 0 fully saturated rings. The SMILES string of the molecule is Cn1ccc(CC(CBr)Cc2ccc(Br)cc2)n1. The Bertz CT molecular complexity index is 491. The minimum atomic E-state index is 0.584. The zero-order valence-corrected chi connectivity index (χ0v) is 13.5. The highest BCUT2D eigenvalue weighted by molar-refractivity contribution is 9.10. The van der Waals surface area contributed by atoms with Crippen LogP contribution in [0.25, 0.3) is 0 Å². The van der Waals surface area contributed by atoms with E-state index < -0.39 is 0 Å². The first-order valence-electron chi connectivity index (χ1n) is 5.96. The first-order chi connectivity index (χ1) is 8.67. The minimum Gasteiger partial charge on any atom is -0.276 e. The lowest BCUT2D eigenvalue weighted by molar-refractivity contribution is 0.574. The lowest BCUT2D eigenvalue weighted by Gasteiger charge is -2.12. The summed E-state index contributed by atoms with van der Waals surface area (Å²) in [5.74, 6) is 0.584. The van der Waals surface area contributed by atoms with Gasteiger partial charge in [-0.15, -0.1) is 0 Å². The van der Waals surface area contributed by atoms with Crippen LogP contribution in [0.2, 0.25) is 0 Å². The molecular weight excluding hydrogens is 356 g/mol. The third kappa shape index (κ3) is 3.95. The maximum Gasteiger partial charge on any atom is 0.0627 e. The Kier molecular flexibility index (Phi) is 5.01. The predicted molar refractivity (Wildman–Crippen MR) is 82.0 cm³/mol. The highest BCUT2D eigenvalue weighted by Gasteiger charge is 2.11. The second-order valence-corrected chi connectivity index (χ2v) is 6.10.